The Bertz CT molecular complexity index is 185. The van der Waals surface area contributed by atoms with Crippen LogP contribution in [0.4, 0.5) is 0 Å². The maximum atomic E-state index is 2.52. The lowest BCUT2D eigenvalue weighted by Gasteiger charge is -2.05. The summed E-state index contributed by atoms with van der Waals surface area (Å²) in [5.41, 5.74) is 1.79. The maximum absolute atomic E-state index is 2.52. The summed E-state index contributed by atoms with van der Waals surface area (Å²) in [5.74, 6) is 4.44. The number of rotatable bonds is 0. The first-order valence-corrected chi connectivity index (χ1v) is 4.54. The molecular weight excluding hydrogens is 120 g/mol. The van der Waals surface area contributed by atoms with Crippen LogP contribution in [0.1, 0.15) is 26.2 Å². The van der Waals surface area contributed by atoms with Crippen molar-refractivity contribution >= 4 is 0 Å². The van der Waals surface area contributed by atoms with E-state index in [9.17, 15) is 0 Å². The van der Waals surface area contributed by atoms with Crippen molar-refractivity contribution in [2.24, 2.45) is 23.7 Å². The summed E-state index contributed by atoms with van der Waals surface area (Å²) in [6.45, 7) is 2.43. The molecule has 2 fully saturated rings. The second-order valence-corrected chi connectivity index (χ2v) is 4.39. The molecule has 4 aliphatic rings. The molecule has 4 aliphatic carbocycles. The third-order valence-corrected chi connectivity index (χ3v) is 3.83. The molecule has 2 saturated carbocycles. The lowest BCUT2D eigenvalue weighted by Crippen LogP contribution is -1.97. The molecule has 0 spiro atoms. The predicted octanol–water partition coefficient (Wildman–Crippen LogP) is 2.61. The molecule has 0 aromatic carbocycles. The van der Waals surface area contributed by atoms with Crippen LogP contribution < -0.4 is 0 Å². The zero-order valence-electron chi connectivity index (χ0n) is 6.51. The summed E-state index contributed by atoms with van der Waals surface area (Å²) in [4.78, 5) is 0. The average molecular weight is 134 g/mol. The Labute approximate surface area is 62.3 Å². The fourth-order valence-electron chi connectivity index (χ4n) is 3.26. The van der Waals surface area contributed by atoms with Gasteiger partial charge in [-0.05, 0) is 42.9 Å². The van der Waals surface area contributed by atoms with Gasteiger partial charge in [-0.2, -0.15) is 0 Å². The van der Waals surface area contributed by atoms with Crippen molar-refractivity contribution < 1.29 is 0 Å². The van der Waals surface area contributed by atoms with Crippen LogP contribution in [0.5, 0.6) is 0 Å². The maximum Gasteiger partial charge on any atom is -0.0286 e. The molecule has 4 bridgehead atoms. The smallest absolute Gasteiger partial charge is 0.0286 e. The zero-order chi connectivity index (χ0) is 6.72. The highest BCUT2D eigenvalue weighted by atomic mass is 14.6. The van der Waals surface area contributed by atoms with E-state index in [1.807, 2.05) is 0 Å². The van der Waals surface area contributed by atoms with Gasteiger partial charge in [-0.15, -0.1) is 0 Å². The summed E-state index contributed by atoms with van der Waals surface area (Å²) in [6, 6.07) is 0. The molecule has 0 N–H and O–H groups in total. The largest absolute Gasteiger partial charge is 0.0850 e. The fourth-order valence-corrected chi connectivity index (χ4v) is 3.26. The van der Waals surface area contributed by atoms with Crippen LogP contribution in [0, 0.1) is 23.7 Å². The normalized spacial score (nSPS) is 55.9. The van der Waals surface area contributed by atoms with Crippen molar-refractivity contribution in [2.75, 3.05) is 0 Å². The monoisotopic (exact) mass is 134 g/mol. The Hall–Kier alpha value is -0.260. The van der Waals surface area contributed by atoms with Crippen LogP contribution in [0.25, 0.3) is 0 Å². The standard InChI is InChI=1S/C10H14/c1-6-2-3-7-4-8-9(5-7)10(6)8/h3,6,8-10H,2,4-5H2,1H3. The molecule has 0 amide bonds. The zero-order valence-corrected chi connectivity index (χ0v) is 6.51. The minimum Gasteiger partial charge on any atom is -0.0850 e. The molecular formula is C10H14. The second kappa shape index (κ2) is 1.49. The number of allylic oxidation sites excluding steroid dienone is 2. The highest BCUT2D eigenvalue weighted by Gasteiger charge is 2.56. The molecule has 3 atom stereocenters. The van der Waals surface area contributed by atoms with E-state index in [2.05, 4.69) is 13.0 Å². The van der Waals surface area contributed by atoms with Gasteiger partial charge in [0.25, 0.3) is 0 Å². The van der Waals surface area contributed by atoms with Crippen molar-refractivity contribution in [3.63, 3.8) is 0 Å². The molecule has 0 aromatic rings. The molecule has 0 aliphatic heterocycles. The first-order chi connectivity index (χ1) is 4.86. The number of hydrogen-bond acceptors (Lipinski definition) is 0. The van der Waals surface area contributed by atoms with Gasteiger partial charge in [0.15, 0.2) is 0 Å². The Morgan fingerprint density at radius 1 is 1.30 bits per heavy atom. The van der Waals surface area contributed by atoms with Crippen molar-refractivity contribution in [3.05, 3.63) is 11.6 Å². The molecule has 0 heterocycles. The van der Waals surface area contributed by atoms with Crippen LogP contribution >= 0.6 is 0 Å². The minimum absolute atomic E-state index is 1.01. The van der Waals surface area contributed by atoms with Gasteiger partial charge in [0.1, 0.15) is 0 Å². The van der Waals surface area contributed by atoms with Crippen LogP contribution in [0.2, 0.25) is 0 Å². The second-order valence-electron chi connectivity index (χ2n) is 4.39. The quantitative estimate of drug-likeness (QED) is 0.447. The van der Waals surface area contributed by atoms with Crippen LogP contribution in [-0.4, -0.2) is 0 Å². The predicted molar refractivity (Wildman–Crippen MR) is 41.6 cm³/mol. The van der Waals surface area contributed by atoms with Gasteiger partial charge >= 0.3 is 0 Å². The van der Waals surface area contributed by atoms with Crippen molar-refractivity contribution in [1.82, 2.24) is 0 Å². The lowest BCUT2D eigenvalue weighted by atomic mass is 10.0. The highest BCUT2D eigenvalue weighted by Crippen LogP contribution is 2.64. The van der Waals surface area contributed by atoms with E-state index in [1.165, 1.54) is 19.3 Å². The van der Waals surface area contributed by atoms with Gasteiger partial charge in [-0.1, -0.05) is 18.6 Å². The van der Waals surface area contributed by atoms with E-state index in [0.717, 1.165) is 23.7 Å². The molecule has 0 nitrogen and oxygen atoms in total. The minimum atomic E-state index is 1.01. The first-order valence-electron chi connectivity index (χ1n) is 4.54. The van der Waals surface area contributed by atoms with Crippen LogP contribution in [-0.2, 0) is 0 Å². The summed E-state index contributed by atoms with van der Waals surface area (Å²) >= 11 is 0. The third kappa shape index (κ3) is 0.492. The number of hydrogen-bond donors (Lipinski definition) is 0. The molecule has 0 heteroatoms. The Morgan fingerprint density at radius 3 is 2.70 bits per heavy atom. The molecule has 10 heavy (non-hydrogen) atoms. The number of fused-ring (bicyclic) bond motifs is 2. The van der Waals surface area contributed by atoms with Gasteiger partial charge in [-0.25, -0.2) is 0 Å². The SMILES string of the molecule is CC1CC=C2CC3C(C2)C13. The molecule has 0 saturated heterocycles. The van der Waals surface area contributed by atoms with Gasteiger partial charge < -0.3 is 0 Å². The van der Waals surface area contributed by atoms with E-state index < -0.39 is 0 Å². The summed E-state index contributed by atoms with van der Waals surface area (Å²) < 4.78 is 0. The van der Waals surface area contributed by atoms with Gasteiger partial charge in [0.2, 0.25) is 0 Å². The van der Waals surface area contributed by atoms with Gasteiger partial charge in [0, 0.05) is 0 Å². The summed E-state index contributed by atoms with van der Waals surface area (Å²) in [6.07, 6.45) is 6.84. The van der Waals surface area contributed by atoms with Crippen molar-refractivity contribution in [1.29, 1.82) is 0 Å². The van der Waals surface area contributed by atoms with E-state index in [4.69, 9.17) is 0 Å². The first kappa shape index (κ1) is 5.40. The molecule has 4 rings (SSSR count). The molecule has 0 radical (unpaired) electrons. The third-order valence-electron chi connectivity index (χ3n) is 3.83. The lowest BCUT2D eigenvalue weighted by molar-refractivity contribution is 0.467. The highest BCUT2D eigenvalue weighted by molar-refractivity contribution is 5.24. The van der Waals surface area contributed by atoms with Gasteiger partial charge in [0.05, 0.1) is 0 Å². The molecule has 0 aromatic heterocycles. The Morgan fingerprint density at radius 2 is 2.00 bits per heavy atom. The fraction of sp³-hybridized carbons (Fsp3) is 0.800. The summed E-state index contributed by atoms with van der Waals surface area (Å²) in [5, 5.41) is 0. The Balaban J connectivity index is 2.01. The average Bonchev–Trinajstić information content (AvgIpc) is 2.52. The van der Waals surface area contributed by atoms with E-state index in [0.29, 0.717) is 0 Å². The van der Waals surface area contributed by atoms with E-state index >= 15 is 0 Å². The summed E-state index contributed by atoms with van der Waals surface area (Å²) in [7, 11) is 0. The van der Waals surface area contributed by atoms with Gasteiger partial charge in [-0.3, -0.25) is 0 Å². The van der Waals surface area contributed by atoms with E-state index in [1.54, 1.807) is 5.57 Å². The van der Waals surface area contributed by atoms with Crippen LogP contribution in [0.15, 0.2) is 11.6 Å². The topological polar surface area (TPSA) is 0 Å². The molecule has 54 valence electrons. The van der Waals surface area contributed by atoms with E-state index in [-0.39, 0.29) is 0 Å². The van der Waals surface area contributed by atoms with Crippen molar-refractivity contribution in [3.8, 4) is 0 Å². The molecule has 3 unspecified atom stereocenters. The van der Waals surface area contributed by atoms with Crippen molar-refractivity contribution in [2.45, 2.75) is 26.2 Å². The Kier molecular flexibility index (Phi) is 0.805. The van der Waals surface area contributed by atoms with Crippen LogP contribution in [0.3, 0.4) is 0 Å².